The van der Waals surface area contributed by atoms with Gasteiger partial charge in [0.05, 0.1) is 18.2 Å². The Balaban J connectivity index is 1.42. The summed E-state index contributed by atoms with van der Waals surface area (Å²) < 4.78 is 13.9. The van der Waals surface area contributed by atoms with Gasteiger partial charge in [-0.2, -0.15) is 0 Å². The van der Waals surface area contributed by atoms with E-state index >= 15 is 0 Å². The molecule has 0 spiro atoms. The number of anilines is 1. The molecule has 4 rings (SSSR count). The highest BCUT2D eigenvalue weighted by Gasteiger charge is 2.40. The Kier molecular flexibility index (Phi) is 4.26. The van der Waals surface area contributed by atoms with Crippen molar-refractivity contribution in [1.82, 2.24) is 10.3 Å². The molecule has 1 aliphatic heterocycles. The number of carbonyl (C=O) groups excluding carboxylic acids is 2. The number of rotatable bonds is 5. The van der Waals surface area contributed by atoms with Crippen LogP contribution in [0.4, 0.5) is 10.1 Å². The number of hydrogen-bond donors (Lipinski definition) is 2. The number of benzene rings is 2. The van der Waals surface area contributed by atoms with Crippen molar-refractivity contribution in [3.8, 4) is 0 Å². The first-order valence-electron chi connectivity index (χ1n) is 8.55. The van der Waals surface area contributed by atoms with Crippen LogP contribution in [0.5, 0.6) is 0 Å². The van der Waals surface area contributed by atoms with Crippen LogP contribution < -0.4 is 10.2 Å². The third kappa shape index (κ3) is 2.88. The van der Waals surface area contributed by atoms with E-state index in [1.54, 1.807) is 6.07 Å². The van der Waals surface area contributed by atoms with Crippen molar-refractivity contribution in [2.45, 2.75) is 18.9 Å². The van der Waals surface area contributed by atoms with Gasteiger partial charge in [-0.1, -0.05) is 30.3 Å². The number of nitrogens with one attached hydrogen (secondary N) is 2. The number of fused-ring (bicyclic) bond motifs is 1. The van der Waals surface area contributed by atoms with Crippen molar-refractivity contribution in [3.05, 3.63) is 66.1 Å². The van der Waals surface area contributed by atoms with Gasteiger partial charge >= 0.3 is 0 Å². The van der Waals surface area contributed by atoms with Gasteiger partial charge in [-0.25, -0.2) is 9.29 Å². The van der Waals surface area contributed by atoms with Gasteiger partial charge in [0.2, 0.25) is 5.91 Å². The van der Waals surface area contributed by atoms with Gasteiger partial charge in [0.15, 0.2) is 0 Å². The topological polar surface area (TPSA) is 65.2 Å². The lowest BCUT2D eigenvalue weighted by Crippen LogP contribution is -2.39. The zero-order chi connectivity index (χ0) is 18.1. The maximum atomic E-state index is 13.9. The van der Waals surface area contributed by atoms with Crippen molar-refractivity contribution in [3.63, 3.8) is 0 Å². The maximum Gasteiger partial charge on any atom is 0.251 e. The van der Waals surface area contributed by atoms with Gasteiger partial charge in [-0.3, -0.25) is 9.59 Å². The largest absolute Gasteiger partial charge is 0.361 e. The normalized spacial score (nSPS) is 17.4. The molecule has 132 valence electrons. The molecule has 6 heteroatoms. The number of H-pyrrole nitrogens is 1. The molecule has 5 nitrogen and oxygen atoms in total. The second-order valence-electron chi connectivity index (χ2n) is 6.34. The summed E-state index contributed by atoms with van der Waals surface area (Å²) >= 11 is 0. The molecule has 1 unspecified atom stereocenters. The summed E-state index contributed by atoms with van der Waals surface area (Å²) in [5.74, 6) is -1.36. The highest BCUT2D eigenvalue weighted by molar-refractivity contribution is 6.22. The number of carbonyl (C=O) groups is 2. The number of aromatic nitrogens is 1. The molecule has 1 aromatic heterocycles. The first-order chi connectivity index (χ1) is 12.6. The Morgan fingerprint density at radius 3 is 2.73 bits per heavy atom. The predicted molar refractivity (Wildman–Crippen MR) is 97.3 cm³/mol. The Morgan fingerprint density at radius 1 is 1.12 bits per heavy atom. The number of amides is 2. The number of aromatic amines is 1. The molecule has 26 heavy (non-hydrogen) atoms. The summed E-state index contributed by atoms with van der Waals surface area (Å²) in [5, 5.41) is 4.28. The van der Waals surface area contributed by atoms with Crippen LogP contribution in [0.3, 0.4) is 0 Å². The number of nitrogens with zero attached hydrogens (tertiary/aromatic N) is 1. The molecule has 2 N–H and O–H groups in total. The molecule has 3 aromatic rings. The third-order valence-electron chi connectivity index (χ3n) is 4.70. The predicted octanol–water partition coefficient (Wildman–Crippen LogP) is 2.77. The van der Waals surface area contributed by atoms with E-state index in [0.717, 1.165) is 27.8 Å². The summed E-state index contributed by atoms with van der Waals surface area (Å²) in [5.41, 5.74) is 2.24. The molecule has 0 saturated carbocycles. The van der Waals surface area contributed by atoms with E-state index in [2.05, 4.69) is 10.3 Å². The minimum absolute atomic E-state index is 0.0171. The van der Waals surface area contributed by atoms with Crippen LogP contribution in [0.1, 0.15) is 12.0 Å². The smallest absolute Gasteiger partial charge is 0.251 e. The second kappa shape index (κ2) is 6.72. The van der Waals surface area contributed by atoms with Crippen LogP contribution in [-0.4, -0.2) is 29.4 Å². The molecular weight excluding hydrogens is 333 g/mol. The van der Waals surface area contributed by atoms with Gasteiger partial charge < -0.3 is 10.3 Å². The van der Waals surface area contributed by atoms with Crippen LogP contribution in [-0.2, 0) is 16.0 Å². The van der Waals surface area contributed by atoms with Gasteiger partial charge in [-0.05, 0) is 30.2 Å². The van der Waals surface area contributed by atoms with Gasteiger partial charge in [0.1, 0.15) is 5.82 Å². The van der Waals surface area contributed by atoms with Crippen molar-refractivity contribution < 1.29 is 14.0 Å². The van der Waals surface area contributed by atoms with Crippen LogP contribution in [0, 0.1) is 5.82 Å². The fourth-order valence-corrected chi connectivity index (χ4v) is 3.40. The van der Waals surface area contributed by atoms with E-state index in [-0.39, 0.29) is 18.0 Å². The molecule has 2 aromatic carbocycles. The van der Waals surface area contributed by atoms with Crippen molar-refractivity contribution in [1.29, 1.82) is 0 Å². The highest BCUT2D eigenvalue weighted by atomic mass is 19.1. The summed E-state index contributed by atoms with van der Waals surface area (Å²) in [6, 6.07) is 13.2. The van der Waals surface area contributed by atoms with Crippen LogP contribution in [0.2, 0.25) is 0 Å². The van der Waals surface area contributed by atoms with Crippen molar-refractivity contribution in [2.24, 2.45) is 0 Å². The van der Waals surface area contributed by atoms with Gasteiger partial charge in [0, 0.05) is 23.6 Å². The fourth-order valence-electron chi connectivity index (χ4n) is 3.40. The monoisotopic (exact) mass is 351 g/mol. The zero-order valence-corrected chi connectivity index (χ0v) is 14.0. The van der Waals surface area contributed by atoms with E-state index in [1.807, 2.05) is 30.5 Å². The molecule has 2 heterocycles. The van der Waals surface area contributed by atoms with E-state index in [9.17, 15) is 14.0 Å². The standard InChI is InChI=1S/C20H18FN3O2/c21-15-6-2-4-8-18(15)24-19(25)11-17(20(24)26)22-10-9-13-12-23-16-7-3-1-5-14(13)16/h1-8,12,17,22-23H,9-11H2. The third-order valence-corrected chi connectivity index (χ3v) is 4.70. The summed E-state index contributed by atoms with van der Waals surface area (Å²) in [4.78, 5) is 28.9. The average molecular weight is 351 g/mol. The Labute approximate surface area is 149 Å². The molecule has 0 radical (unpaired) electrons. The van der Waals surface area contributed by atoms with Crippen molar-refractivity contribution >= 4 is 28.4 Å². The highest BCUT2D eigenvalue weighted by Crippen LogP contribution is 2.25. The first-order valence-corrected chi connectivity index (χ1v) is 8.55. The molecular formula is C20H18FN3O2. The molecule has 0 bridgehead atoms. The molecule has 1 fully saturated rings. The van der Waals surface area contributed by atoms with Crippen LogP contribution in [0.15, 0.2) is 54.7 Å². The van der Waals surface area contributed by atoms with E-state index in [0.29, 0.717) is 6.54 Å². The van der Waals surface area contributed by atoms with Crippen LogP contribution in [0.25, 0.3) is 10.9 Å². The zero-order valence-electron chi connectivity index (χ0n) is 14.0. The van der Waals surface area contributed by atoms with Crippen LogP contribution >= 0.6 is 0 Å². The SMILES string of the molecule is O=C1CC(NCCc2c[nH]c3ccccc23)C(=O)N1c1ccccc1F. The minimum atomic E-state index is -0.618. The molecule has 1 saturated heterocycles. The number of imide groups is 1. The average Bonchev–Trinajstić information content (AvgIpc) is 3.17. The van der Waals surface area contributed by atoms with Crippen molar-refractivity contribution in [2.75, 3.05) is 11.4 Å². The quantitative estimate of drug-likeness (QED) is 0.695. The number of hydrogen-bond acceptors (Lipinski definition) is 3. The maximum absolute atomic E-state index is 13.9. The van der Waals surface area contributed by atoms with E-state index in [4.69, 9.17) is 0 Å². The van der Waals surface area contributed by atoms with E-state index in [1.165, 1.54) is 18.2 Å². The number of halogens is 1. The minimum Gasteiger partial charge on any atom is -0.361 e. The number of para-hydroxylation sites is 2. The lowest BCUT2D eigenvalue weighted by atomic mass is 10.1. The lowest BCUT2D eigenvalue weighted by molar-refractivity contribution is -0.121. The molecule has 1 atom stereocenters. The fraction of sp³-hybridized carbons (Fsp3) is 0.200. The van der Waals surface area contributed by atoms with E-state index < -0.39 is 17.8 Å². The summed E-state index contributed by atoms with van der Waals surface area (Å²) in [6.45, 7) is 0.552. The first kappa shape index (κ1) is 16.5. The summed E-state index contributed by atoms with van der Waals surface area (Å²) in [7, 11) is 0. The summed E-state index contributed by atoms with van der Waals surface area (Å²) in [6.07, 6.45) is 2.72. The Hall–Kier alpha value is -2.99. The second-order valence-corrected chi connectivity index (χ2v) is 6.34. The Bertz CT molecular complexity index is 982. The molecule has 1 aliphatic rings. The molecule has 0 aliphatic carbocycles. The lowest BCUT2D eigenvalue weighted by Gasteiger charge is -2.16. The van der Waals surface area contributed by atoms with Gasteiger partial charge in [-0.15, -0.1) is 0 Å². The molecule has 2 amide bonds. The Morgan fingerprint density at radius 2 is 1.88 bits per heavy atom. The van der Waals surface area contributed by atoms with Gasteiger partial charge in [0.25, 0.3) is 5.91 Å².